The molecule has 19 heavy (non-hydrogen) atoms. The quantitative estimate of drug-likeness (QED) is 0.797. The van der Waals surface area contributed by atoms with Gasteiger partial charge < -0.3 is 9.64 Å². The van der Waals surface area contributed by atoms with Gasteiger partial charge in [0.05, 0.1) is 0 Å². The van der Waals surface area contributed by atoms with E-state index >= 15 is 0 Å². The maximum Gasteiger partial charge on any atom is 0.259 e. The van der Waals surface area contributed by atoms with E-state index in [1.807, 2.05) is 24.0 Å². The summed E-state index contributed by atoms with van der Waals surface area (Å²) >= 11 is 5.24. The molecule has 0 saturated carbocycles. The molecule has 1 aliphatic rings. The van der Waals surface area contributed by atoms with E-state index in [2.05, 4.69) is 0 Å². The van der Waals surface area contributed by atoms with Crippen molar-refractivity contribution in [2.45, 2.75) is 26.2 Å². The molecule has 0 unspecified atom stereocenters. The van der Waals surface area contributed by atoms with E-state index in [0.717, 1.165) is 30.6 Å². The van der Waals surface area contributed by atoms with Gasteiger partial charge >= 0.3 is 0 Å². The number of nitrogens with zero attached hydrogens (tertiary/aromatic N) is 1. The number of fused-ring (bicyclic) bond motifs is 1. The van der Waals surface area contributed by atoms with Gasteiger partial charge in [0.15, 0.2) is 6.61 Å². The van der Waals surface area contributed by atoms with Crippen LogP contribution in [-0.2, 0) is 16.0 Å². The van der Waals surface area contributed by atoms with Crippen LogP contribution in [0.3, 0.4) is 0 Å². The third-order valence-electron chi connectivity index (χ3n) is 3.13. The molecule has 0 aliphatic carbocycles. The first kappa shape index (κ1) is 13.9. The third kappa shape index (κ3) is 3.26. The molecule has 0 atom stereocenters. The Hall–Kier alpha value is -1.55. The van der Waals surface area contributed by atoms with Gasteiger partial charge in [0.2, 0.25) is 5.91 Å². The number of carbonyl (C=O) groups is 2. The third-order valence-corrected chi connectivity index (χ3v) is 3.23. The number of rotatable bonds is 4. The number of benzene rings is 1. The number of carbonyl (C=O) groups excluding carboxylic acids is 2. The predicted octanol–water partition coefficient (Wildman–Crippen LogP) is 2.52. The molecular formula is C14H16ClNO3. The zero-order valence-corrected chi connectivity index (χ0v) is 11.6. The lowest BCUT2D eigenvalue weighted by molar-refractivity contribution is -0.118. The smallest absolute Gasteiger partial charge is 0.259 e. The van der Waals surface area contributed by atoms with E-state index in [9.17, 15) is 9.59 Å². The molecule has 4 nitrogen and oxygen atoms in total. The summed E-state index contributed by atoms with van der Waals surface area (Å²) in [5.41, 5.74) is 2.02. The molecule has 0 spiro atoms. The van der Waals surface area contributed by atoms with Crippen molar-refractivity contribution in [3.8, 4) is 5.75 Å². The Morgan fingerprint density at radius 3 is 2.89 bits per heavy atom. The Bertz CT molecular complexity index is 501. The van der Waals surface area contributed by atoms with Crippen molar-refractivity contribution in [2.24, 2.45) is 0 Å². The minimum absolute atomic E-state index is 0.130. The van der Waals surface area contributed by atoms with Gasteiger partial charge in [-0.1, -0.05) is 6.92 Å². The molecule has 0 radical (unpaired) electrons. The largest absolute Gasteiger partial charge is 0.484 e. The summed E-state index contributed by atoms with van der Waals surface area (Å²) < 4.78 is 5.27. The van der Waals surface area contributed by atoms with Gasteiger partial charge in [-0.15, -0.1) is 0 Å². The highest BCUT2D eigenvalue weighted by Crippen LogP contribution is 2.30. The lowest BCUT2D eigenvalue weighted by atomic mass is 10.0. The molecule has 102 valence electrons. The molecule has 0 bridgehead atoms. The molecule has 1 aromatic rings. The van der Waals surface area contributed by atoms with Gasteiger partial charge in [0, 0.05) is 18.7 Å². The van der Waals surface area contributed by atoms with Crippen molar-refractivity contribution in [3.63, 3.8) is 0 Å². The number of amides is 1. The highest BCUT2D eigenvalue weighted by atomic mass is 35.5. The van der Waals surface area contributed by atoms with Crippen LogP contribution in [0.2, 0.25) is 0 Å². The number of halogens is 1. The highest BCUT2D eigenvalue weighted by molar-refractivity contribution is 6.63. The highest BCUT2D eigenvalue weighted by Gasteiger charge is 2.21. The molecule has 1 aliphatic heterocycles. The van der Waals surface area contributed by atoms with E-state index in [1.165, 1.54) is 0 Å². The molecule has 0 saturated heterocycles. The first-order chi connectivity index (χ1) is 9.11. The zero-order valence-electron chi connectivity index (χ0n) is 10.8. The van der Waals surface area contributed by atoms with Crippen molar-refractivity contribution in [1.29, 1.82) is 0 Å². The van der Waals surface area contributed by atoms with Crippen molar-refractivity contribution in [2.75, 3.05) is 18.1 Å². The molecule has 1 heterocycles. The van der Waals surface area contributed by atoms with E-state index in [-0.39, 0.29) is 12.5 Å². The molecule has 1 amide bonds. The summed E-state index contributed by atoms with van der Waals surface area (Å²) in [5.74, 6) is 0.740. The predicted molar refractivity (Wildman–Crippen MR) is 73.8 cm³/mol. The number of aryl methyl sites for hydroxylation is 1. The summed E-state index contributed by atoms with van der Waals surface area (Å²) in [6.07, 6.45) is 2.35. The van der Waals surface area contributed by atoms with Gasteiger partial charge in [0.25, 0.3) is 5.24 Å². The zero-order chi connectivity index (χ0) is 13.8. The topological polar surface area (TPSA) is 46.6 Å². The van der Waals surface area contributed by atoms with Crippen LogP contribution >= 0.6 is 11.6 Å². The minimum Gasteiger partial charge on any atom is -0.484 e. The van der Waals surface area contributed by atoms with Gasteiger partial charge in [-0.3, -0.25) is 9.59 Å². The fourth-order valence-electron chi connectivity index (χ4n) is 2.25. The van der Waals surface area contributed by atoms with Crippen LogP contribution in [0.1, 0.15) is 25.3 Å². The summed E-state index contributed by atoms with van der Waals surface area (Å²) in [5, 5.41) is -0.527. The maximum absolute atomic E-state index is 11.9. The second-order valence-corrected chi connectivity index (χ2v) is 4.86. The molecule has 1 aromatic carbocycles. The molecule has 5 heteroatoms. The van der Waals surface area contributed by atoms with Crippen LogP contribution in [0.4, 0.5) is 5.69 Å². The summed E-state index contributed by atoms with van der Waals surface area (Å²) in [7, 11) is 0. The lowest BCUT2D eigenvalue weighted by Gasteiger charge is -2.29. The van der Waals surface area contributed by atoms with Crippen LogP contribution < -0.4 is 9.64 Å². The van der Waals surface area contributed by atoms with Gasteiger partial charge in [-0.05, 0) is 48.2 Å². The van der Waals surface area contributed by atoms with Crippen LogP contribution in [0.25, 0.3) is 0 Å². The Labute approximate surface area is 117 Å². The number of hydrogen-bond donors (Lipinski definition) is 0. The second-order valence-electron chi connectivity index (χ2n) is 4.44. The number of hydrogen-bond acceptors (Lipinski definition) is 3. The van der Waals surface area contributed by atoms with Crippen LogP contribution in [0.15, 0.2) is 18.2 Å². The second kappa shape index (κ2) is 6.06. The van der Waals surface area contributed by atoms with Gasteiger partial charge in [-0.25, -0.2) is 0 Å². The van der Waals surface area contributed by atoms with E-state index in [4.69, 9.17) is 16.3 Å². The number of anilines is 1. The Balaban J connectivity index is 2.20. The van der Waals surface area contributed by atoms with E-state index in [0.29, 0.717) is 12.2 Å². The average molecular weight is 282 g/mol. The van der Waals surface area contributed by atoms with E-state index in [1.54, 1.807) is 6.07 Å². The summed E-state index contributed by atoms with van der Waals surface area (Å²) in [6.45, 7) is 2.48. The number of ether oxygens (including phenoxy) is 1. The van der Waals surface area contributed by atoms with E-state index < -0.39 is 5.24 Å². The van der Waals surface area contributed by atoms with Crippen LogP contribution in [0.5, 0.6) is 5.75 Å². The van der Waals surface area contributed by atoms with Crippen molar-refractivity contribution >= 4 is 28.4 Å². The molecule has 0 N–H and O–H groups in total. The maximum atomic E-state index is 11.9. The lowest BCUT2D eigenvalue weighted by Crippen LogP contribution is -2.34. The average Bonchev–Trinajstić information content (AvgIpc) is 2.43. The Morgan fingerprint density at radius 2 is 2.21 bits per heavy atom. The van der Waals surface area contributed by atoms with Crippen molar-refractivity contribution in [1.82, 2.24) is 0 Å². The van der Waals surface area contributed by atoms with Crippen LogP contribution in [-0.4, -0.2) is 24.3 Å². The standard InChI is InChI=1S/C14H16ClNO3/c1-2-14(18)16-7-3-4-10-8-11(5-6-12(10)16)19-9-13(15)17/h5-6,8H,2-4,7,9H2,1H3. The molecule has 0 aromatic heterocycles. The summed E-state index contributed by atoms with van der Waals surface area (Å²) in [6, 6.07) is 5.51. The molecular weight excluding hydrogens is 266 g/mol. The minimum atomic E-state index is -0.527. The Kier molecular flexibility index (Phi) is 4.43. The normalized spacial score (nSPS) is 13.9. The van der Waals surface area contributed by atoms with Crippen LogP contribution in [0, 0.1) is 0 Å². The Morgan fingerprint density at radius 1 is 1.42 bits per heavy atom. The molecule has 0 fully saturated rings. The first-order valence-electron chi connectivity index (χ1n) is 6.36. The van der Waals surface area contributed by atoms with Crippen molar-refractivity contribution in [3.05, 3.63) is 23.8 Å². The molecule has 2 rings (SSSR count). The van der Waals surface area contributed by atoms with Gasteiger partial charge in [0.1, 0.15) is 5.75 Å². The monoisotopic (exact) mass is 281 g/mol. The van der Waals surface area contributed by atoms with Crippen molar-refractivity contribution < 1.29 is 14.3 Å². The fraction of sp³-hybridized carbons (Fsp3) is 0.429. The summed E-state index contributed by atoms with van der Waals surface area (Å²) in [4.78, 5) is 24.4. The van der Waals surface area contributed by atoms with Gasteiger partial charge in [-0.2, -0.15) is 0 Å². The SMILES string of the molecule is CCC(=O)N1CCCc2cc(OCC(=O)Cl)ccc21. The first-order valence-corrected chi connectivity index (χ1v) is 6.74. The fourth-order valence-corrected chi connectivity index (χ4v) is 2.31.